The standard InChI is InChI=1S/C6H7N3O2.C5H12/c1-11-6(10)9-5-4-7-2-3-8-5;1-4-5(2)3/h2-4H,1H3,(H,8,9,10);5H,4H2,1-3H3. The van der Waals surface area contributed by atoms with Crippen LogP contribution in [0.3, 0.4) is 0 Å². The number of methoxy groups -OCH3 is 1. The maximum atomic E-state index is 10.6. The van der Waals surface area contributed by atoms with Crippen LogP contribution in [-0.2, 0) is 4.74 Å². The molecule has 1 aromatic rings. The maximum absolute atomic E-state index is 10.6. The summed E-state index contributed by atoms with van der Waals surface area (Å²) in [6.07, 6.45) is 5.18. The Labute approximate surface area is 96.3 Å². The normalized spacial score (nSPS) is 9.06. The number of amides is 1. The Morgan fingerprint density at radius 1 is 1.50 bits per heavy atom. The monoisotopic (exact) mass is 225 g/mol. The summed E-state index contributed by atoms with van der Waals surface area (Å²) in [5.41, 5.74) is 0. The molecule has 0 saturated carbocycles. The van der Waals surface area contributed by atoms with E-state index in [1.807, 2.05) is 0 Å². The fraction of sp³-hybridized carbons (Fsp3) is 0.545. The quantitative estimate of drug-likeness (QED) is 0.840. The summed E-state index contributed by atoms with van der Waals surface area (Å²) in [7, 11) is 1.28. The van der Waals surface area contributed by atoms with E-state index < -0.39 is 6.09 Å². The third-order valence-electron chi connectivity index (χ3n) is 1.80. The summed E-state index contributed by atoms with van der Waals surface area (Å²) < 4.78 is 4.34. The lowest BCUT2D eigenvalue weighted by Crippen LogP contribution is -2.11. The number of hydrogen-bond donors (Lipinski definition) is 1. The first-order valence-corrected chi connectivity index (χ1v) is 5.21. The molecule has 0 bridgehead atoms. The SMILES string of the molecule is CCC(C)C.COC(=O)Nc1cnccn1. The molecule has 1 amide bonds. The first kappa shape index (κ1) is 14.3. The number of carbonyl (C=O) groups is 1. The van der Waals surface area contributed by atoms with E-state index in [0.717, 1.165) is 5.92 Å². The van der Waals surface area contributed by atoms with E-state index in [1.54, 1.807) is 0 Å². The van der Waals surface area contributed by atoms with Crippen molar-refractivity contribution >= 4 is 11.9 Å². The van der Waals surface area contributed by atoms with Crippen molar-refractivity contribution in [2.75, 3.05) is 12.4 Å². The summed E-state index contributed by atoms with van der Waals surface area (Å²) in [5, 5.41) is 2.36. The molecule has 5 nitrogen and oxygen atoms in total. The minimum Gasteiger partial charge on any atom is -0.453 e. The van der Waals surface area contributed by atoms with Crippen molar-refractivity contribution in [3.8, 4) is 0 Å². The van der Waals surface area contributed by atoms with Gasteiger partial charge in [-0.25, -0.2) is 9.78 Å². The van der Waals surface area contributed by atoms with Crippen molar-refractivity contribution in [2.45, 2.75) is 27.2 Å². The van der Waals surface area contributed by atoms with E-state index in [-0.39, 0.29) is 0 Å². The van der Waals surface area contributed by atoms with Crippen LogP contribution in [0.4, 0.5) is 10.6 Å². The van der Waals surface area contributed by atoms with Gasteiger partial charge in [-0.3, -0.25) is 10.3 Å². The predicted molar refractivity (Wildman–Crippen MR) is 63.2 cm³/mol. The Kier molecular flexibility index (Phi) is 7.75. The molecule has 90 valence electrons. The molecule has 1 aromatic heterocycles. The molecule has 1 N–H and O–H groups in total. The fourth-order valence-electron chi connectivity index (χ4n) is 0.519. The largest absolute Gasteiger partial charge is 0.453 e. The van der Waals surface area contributed by atoms with Gasteiger partial charge >= 0.3 is 6.09 Å². The minimum absolute atomic E-state index is 0.374. The highest BCUT2D eigenvalue weighted by atomic mass is 16.5. The molecule has 1 rings (SSSR count). The van der Waals surface area contributed by atoms with Gasteiger partial charge in [-0.2, -0.15) is 0 Å². The highest BCUT2D eigenvalue weighted by Crippen LogP contribution is 1.96. The second-order valence-electron chi connectivity index (χ2n) is 3.51. The van der Waals surface area contributed by atoms with Crippen LogP contribution in [-0.4, -0.2) is 23.2 Å². The van der Waals surface area contributed by atoms with Gasteiger partial charge in [-0.05, 0) is 5.92 Å². The Morgan fingerprint density at radius 2 is 2.12 bits per heavy atom. The highest BCUT2D eigenvalue weighted by molar-refractivity contribution is 5.82. The number of rotatable bonds is 2. The third-order valence-corrected chi connectivity index (χ3v) is 1.80. The number of aromatic nitrogens is 2. The Morgan fingerprint density at radius 3 is 2.50 bits per heavy atom. The molecule has 0 aliphatic carbocycles. The number of hydrogen-bond acceptors (Lipinski definition) is 4. The third kappa shape index (κ3) is 7.73. The Bertz CT molecular complexity index is 289. The molecule has 5 heteroatoms. The van der Waals surface area contributed by atoms with Gasteiger partial charge in [0.25, 0.3) is 0 Å². The van der Waals surface area contributed by atoms with Crippen LogP contribution >= 0.6 is 0 Å². The van der Waals surface area contributed by atoms with Crippen molar-refractivity contribution < 1.29 is 9.53 Å². The van der Waals surface area contributed by atoms with Gasteiger partial charge in [0, 0.05) is 12.4 Å². The lowest BCUT2D eigenvalue weighted by atomic mass is 10.2. The second kappa shape index (κ2) is 8.64. The Hall–Kier alpha value is -1.65. The molecule has 0 aromatic carbocycles. The fourth-order valence-corrected chi connectivity index (χ4v) is 0.519. The number of ether oxygens (including phenoxy) is 1. The van der Waals surface area contributed by atoms with E-state index >= 15 is 0 Å². The zero-order valence-corrected chi connectivity index (χ0v) is 10.2. The molecule has 0 aliphatic heterocycles. The van der Waals surface area contributed by atoms with Gasteiger partial charge < -0.3 is 4.74 Å². The minimum atomic E-state index is -0.550. The predicted octanol–water partition coefficient (Wildman–Crippen LogP) is 2.71. The van der Waals surface area contributed by atoms with Crippen LogP contribution in [0.25, 0.3) is 0 Å². The number of nitrogens with zero attached hydrogens (tertiary/aromatic N) is 2. The van der Waals surface area contributed by atoms with Crippen molar-refractivity contribution in [1.82, 2.24) is 9.97 Å². The zero-order valence-electron chi connectivity index (χ0n) is 10.2. The number of carbonyl (C=O) groups excluding carboxylic acids is 1. The lowest BCUT2D eigenvalue weighted by molar-refractivity contribution is 0.187. The topological polar surface area (TPSA) is 64.1 Å². The van der Waals surface area contributed by atoms with Crippen LogP contribution in [0, 0.1) is 5.92 Å². The van der Waals surface area contributed by atoms with E-state index in [1.165, 1.54) is 32.1 Å². The van der Waals surface area contributed by atoms with E-state index in [4.69, 9.17) is 0 Å². The van der Waals surface area contributed by atoms with Crippen LogP contribution in [0.1, 0.15) is 27.2 Å². The van der Waals surface area contributed by atoms with Crippen molar-refractivity contribution in [3.63, 3.8) is 0 Å². The molecule has 0 unspecified atom stereocenters. The summed E-state index contributed by atoms with van der Waals surface area (Å²) >= 11 is 0. The number of nitrogens with one attached hydrogen (secondary N) is 1. The van der Waals surface area contributed by atoms with Gasteiger partial charge in [0.15, 0.2) is 5.82 Å². The smallest absolute Gasteiger partial charge is 0.412 e. The molecular formula is C11H19N3O2. The van der Waals surface area contributed by atoms with Crippen molar-refractivity contribution in [3.05, 3.63) is 18.6 Å². The molecule has 16 heavy (non-hydrogen) atoms. The molecule has 0 radical (unpaired) electrons. The van der Waals surface area contributed by atoms with Gasteiger partial charge in [-0.15, -0.1) is 0 Å². The van der Waals surface area contributed by atoms with Crippen LogP contribution in [0.5, 0.6) is 0 Å². The molecule has 0 fully saturated rings. The van der Waals surface area contributed by atoms with Gasteiger partial charge in [0.2, 0.25) is 0 Å². The summed E-state index contributed by atoms with van der Waals surface area (Å²) in [6, 6.07) is 0. The molecule has 0 spiro atoms. The highest BCUT2D eigenvalue weighted by Gasteiger charge is 1.98. The zero-order chi connectivity index (χ0) is 12.4. The summed E-state index contributed by atoms with van der Waals surface area (Å²) in [5.74, 6) is 1.26. The van der Waals surface area contributed by atoms with E-state index in [9.17, 15) is 4.79 Å². The van der Waals surface area contributed by atoms with Gasteiger partial charge in [0.1, 0.15) is 0 Å². The summed E-state index contributed by atoms with van der Waals surface area (Å²) in [6.45, 7) is 6.64. The molecule has 0 atom stereocenters. The first-order chi connectivity index (χ1) is 7.60. The van der Waals surface area contributed by atoms with Crippen molar-refractivity contribution in [1.29, 1.82) is 0 Å². The van der Waals surface area contributed by atoms with E-state index in [2.05, 4.69) is 40.8 Å². The molecule has 0 aliphatic rings. The van der Waals surface area contributed by atoms with Crippen LogP contribution in [0.15, 0.2) is 18.6 Å². The van der Waals surface area contributed by atoms with Crippen molar-refractivity contribution in [2.24, 2.45) is 5.92 Å². The molecule has 1 heterocycles. The molecular weight excluding hydrogens is 206 g/mol. The van der Waals surface area contributed by atoms with Gasteiger partial charge in [0.05, 0.1) is 13.3 Å². The van der Waals surface area contributed by atoms with E-state index in [0.29, 0.717) is 5.82 Å². The first-order valence-electron chi connectivity index (χ1n) is 5.21. The number of anilines is 1. The molecule has 0 saturated heterocycles. The van der Waals surface area contributed by atoms with Crippen LogP contribution < -0.4 is 5.32 Å². The Balaban J connectivity index is 0.000000385. The average molecular weight is 225 g/mol. The second-order valence-corrected chi connectivity index (χ2v) is 3.51. The average Bonchev–Trinajstić information content (AvgIpc) is 2.31. The summed E-state index contributed by atoms with van der Waals surface area (Å²) in [4.78, 5) is 18.1. The lowest BCUT2D eigenvalue weighted by Gasteiger charge is -1.99. The maximum Gasteiger partial charge on any atom is 0.412 e. The van der Waals surface area contributed by atoms with Crippen LogP contribution in [0.2, 0.25) is 0 Å². The van der Waals surface area contributed by atoms with Gasteiger partial charge in [-0.1, -0.05) is 27.2 Å².